The lowest BCUT2D eigenvalue weighted by molar-refractivity contribution is 0.965. The van der Waals surface area contributed by atoms with Gasteiger partial charge in [0.1, 0.15) is 0 Å². The van der Waals surface area contributed by atoms with E-state index < -0.39 is 0 Å². The number of aryl methyl sites for hydroxylation is 2. The zero-order valence-electron chi connectivity index (χ0n) is 10.0. The number of anilines is 1. The Labute approximate surface area is 110 Å². The largest absolute Gasteiger partial charge is 0.324 e. The van der Waals surface area contributed by atoms with Crippen LogP contribution in [0.15, 0.2) is 21.6 Å². The summed E-state index contributed by atoms with van der Waals surface area (Å²) in [5.41, 5.74) is 6.00. The van der Waals surface area contributed by atoms with Gasteiger partial charge in [0, 0.05) is 4.47 Å². The van der Waals surface area contributed by atoms with E-state index in [2.05, 4.69) is 57.6 Å². The maximum absolute atomic E-state index is 5.47. The number of halogens is 1. The Morgan fingerprint density at radius 1 is 1.41 bits per heavy atom. The van der Waals surface area contributed by atoms with Crippen molar-refractivity contribution in [1.82, 2.24) is 5.43 Å². The summed E-state index contributed by atoms with van der Waals surface area (Å²) >= 11 is 3.55. The molecule has 1 fully saturated rings. The monoisotopic (exact) mass is 296 g/mol. The third-order valence-electron chi connectivity index (χ3n) is 2.67. The summed E-state index contributed by atoms with van der Waals surface area (Å²) in [7, 11) is 0. The lowest BCUT2D eigenvalue weighted by Crippen LogP contribution is -2.36. The Kier molecular flexibility index (Phi) is 3.69. The van der Waals surface area contributed by atoms with Gasteiger partial charge in [-0.3, -0.25) is 5.43 Å². The summed E-state index contributed by atoms with van der Waals surface area (Å²) in [6.45, 7) is 4.13. The molecule has 0 radical (unpaired) electrons. The van der Waals surface area contributed by atoms with Gasteiger partial charge in [-0.05, 0) is 59.8 Å². The Morgan fingerprint density at radius 2 is 2.12 bits per heavy atom. The van der Waals surface area contributed by atoms with Gasteiger partial charge in [-0.25, -0.2) is 10.8 Å². The van der Waals surface area contributed by atoms with Crippen molar-refractivity contribution in [1.29, 1.82) is 0 Å². The molecule has 0 aliphatic heterocycles. The summed E-state index contributed by atoms with van der Waals surface area (Å²) < 4.78 is 1.02. The van der Waals surface area contributed by atoms with Crippen molar-refractivity contribution in [2.24, 2.45) is 10.8 Å². The topological polar surface area (TPSA) is 62.4 Å². The van der Waals surface area contributed by atoms with E-state index in [9.17, 15) is 0 Å². The molecule has 4 N–H and O–H groups in total. The molecule has 17 heavy (non-hydrogen) atoms. The molecule has 0 amide bonds. The van der Waals surface area contributed by atoms with Crippen molar-refractivity contribution >= 4 is 27.6 Å². The van der Waals surface area contributed by atoms with Gasteiger partial charge in [0.05, 0.1) is 11.7 Å². The number of rotatable bonds is 2. The van der Waals surface area contributed by atoms with Crippen molar-refractivity contribution in [2.75, 3.05) is 5.32 Å². The number of nitrogens with one attached hydrogen (secondary N) is 2. The van der Waals surface area contributed by atoms with Gasteiger partial charge in [-0.2, -0.15) is 0 Å². The van der Waals surface area contributed by atoms with E-state index in [0.717, 1.165) is 28.6 Å². The minimum Gasteiger partial charge on any atom is -0.324 e. The predicted octanol–water partition coefficient (Wildman–Crippen LogP) is 2.46. The number of hydrogen-bond donors (Lipinski definition) is 3. The molecule has 0 saturated heterocycles. The Hall–Kier alpha value is -1.07. The molecule has 1 aliphatic rings. The summed E-state index contributed by atoms with van der Waals surface area (Å²) in [6.07, 6.45) is 2.31. The first kappa shape index (κ1) is 12.4. The first-order valence-electron chi connectivity index (χ1n) is 5.68. The molecule has 2 rings (SSSR count). The molecule has 0 atom stereocenters. The van der Waals surface area contributed by atoms with Crippen LogP contribution in [0.3, 0.4) is 0 Å². The average Bonchev–Trinajstić information content (AvgIpc) is 3.05. The van der Waals surface area contributed by atoms with Gasteiger partial charge < -0.3 is 5.32 Å². The van der Waals surface area contributed by atoms with Crippen LogP contribution in [0.25, 0.3) is 0 Å². The van der Waals surface area contributed by atoms with Gasteiger partial charge in [0.2, 0.25) is 5.96 Å². The van der Waals surface area contributed by atoms with Gasteiger partial charge in [0.15, 0.2) is 0 Å². The SMILES string of the molecule is Cc1cc(C)c(NC(=NC2CC2)NN)c(Br)c1. The van der Waals surface area contributed by atoms with E-state index in [-0.39, 0.29) is 0 Å². The summed E-state index contributed by atoms with van der Waals surface area (Å²) in [5.74, 6) is 6.09. The van der Waals surface area contributed by atoms with E-state index >= 15 is 0 Å². The fraction of sp³-hybridized carbons (Fsp3) is 0.417. The average molecular weight is 297 g/mol. The lowest BCUT2D eigenvalue weighted by atomic mass is 10.1. The van der Waals surface area contributed by atoms with Crippen molar-refractivity contribution in [2.45, 2.75) is 32.7 Å². The van der Waals surface area contributed by atoms with E-state index in [4.69, 9.17) is 5.84 Å². The van der Waals surface area contributed by atoms with E-state index in [1.54, 1.807) is 0 Å². The van der Waals surface area contributed by atoms with Gasteiger partial charge >= 0.3 is 0 Å². The Balaban J connectivity index is 2.22. The Bertz CT molecular complexity index is 429. The molecule has 0 heterocycles. The van der Waals surface area contributed by atoms with Crippen molar-refractivity contribution in [3.8, 4) is 0 Å². The minimum atomic E-state index is 0.429. The molecule has 0 aromatic heterocycles. The molecule has 1 saturated carbocycles. The number of nitrogens with two attached hydrogens (primary N) is 1. The highest BCUT2D eigenvalue weighted by Crippen LogP contribution is 2.28. The van der Waals surface area contributed by atoms with Crippen LogP contribution in [-0.2, 0) is 0 Å². The second-order valence-electron chi connectivity index (χ2n) is 4.42. The second-order valence-corrected chi connectivity index (χ2v) is 5.27. The van der Waals surface area contributed by atoms with Crippen LogP contribution in [0.4, 0.5) is 5.69 Å². The smallest absolute Gasteiger partial charge is 0.210 e. The molecule has 92 valence electrons. The maximum atomic E-state index is 5.47. The van der Waals surface area contributed by atoms with Crippen LogP contribution < -0.4 is 16.6 Å². The number of benzene rings is 1. The molecular weight excluding hydrogens is 280 g/mol. The molecular formula is C12H17BrN4. The summed E-state index contributed by atoms with van der Waals surface area (Å²) in [4.78, 5) is 4.46. The first-order chi connectivity index (χ1) is 8.10. The van der Waals surface area contributed by atoms with Gasteiger partial charge in [-0.15, -0.1) is 0 Å². The second kappa shape index (κ2) is 5.06. The molecule has 4 nitrogen and oxygen atoms in total. The van der Waals surface area contributed by atoms with Crippen molar-refractivity contribution in [3.05, 3.63) is 27.7 Å². The lowest BCUT2D eigenvalue weighted by Gasteiger charge is -2.14. The molecule has 0 bridgehead atoms. The minimum absolute atomic E-state index is 0.429. The highest BCUT2D eigenvalue weighted by Gasteiger charge is 2.21. The first-order valence-corrected chi connectivity index (χ1v) is 6.47. The molecule has 1 aromatic carbocycles. The number of hydrazine groups is 1. The Morgan fingerprint density at radius 3 is 2.65 bits per heavy atom. The maximum Gasteiger partial charge on any atom is 0.210 e. The van der Waals surface area contributed by atoms with Gasteiger partial charge in [0.25, 0.3) is 0 Å². The molecule has 0 unspecified atom stereocenters. The summed E-state index contributed by atoms with van der Waals surface area (Å²) in [6, 6.07) is 4.62. The van der Waals surface area contributed by atoms with Crippen LogP contribution >= 0.6 is 15.9 Å². The quantitative estimate of drug-likeness (QED) is 0.340. The molecule has 0 spiro atoms. The van der Waals surface area contributed by atoms with Crippen LogP contribution in [-0.4, -0.2) is 12.0 Å². The molecule has 5 heteroatoms. The van der Waals surface area contributed by atoms with Crippen LogP contribution in [0.2, 0.25) is 0 Å². The fourth-order valence-electron chi connectivity index (χ4n) is 1.68. The highest BCUT2D eigenvalue weighted by molar-refractivity contribution is 9.10. The molecule has 1 aromatic rings. The highest BCUT2D eigenvalue weighted by atomic mass is 79.9. The number of aliphatic imine (C=N–C) groups is 1. The molecule has 1 aliphatic carbocycles. The van der Waals surface area contributed by atoms with E-state index in [0.29, 0.717) is 12.0 Å². The fourth-order valence-corrected chi connectivity index (χ4v) is 2.46. The van der Waals surface area contributed by atoms with Crippen LogP contribution in [0.1, 0.15) is 24.0 Å². The third kappa shape index (κ3) is 3.20. The van der Waals surface area contributed by atoms with E-state index in [1.807, 2.05) is 0 Å². The zero-order valence-corrected chi connectivity index (χ0v) is 11.6. The number of nitrogens with zero attached hydrogens (tertiary/aromatic N) is 1. The van der Waals surface area contributed by atoms with Crippen LogP contribution in [0.5, 0.6) is 0 Å². The predicted molar refractivity (Wildman–Crippen MR) is 75.0 cm³/mol. The van der Waals surface area contributed by atoms with Gasteiger partial charge in [-0.1, -0.05) is 6.07 Å². The van der Waals surface area contributed by atoms with Crippen molar-refractivity contribution in [3.63, 3.8) is 0 Å². The van der Waals surface area contributed by atoms with Crippen molar-refractivity contribution < 1.29 is 0 Å². The number of guanidine groups is 1. The van der Waals surface area contributed by atoms with Crippen LogP contribution in [0, 0.1) is 13.8 Å². The zero-order chi connectivity index (χ0) is 12.4. The normalized spacial score (nSPS) is 15.9. The summed E-state index contributed by atoms with van der Waals surface area (Å²) in [5, 5.41) is 3.23. The number of hydrogen-bond acceptors (Lipinski definition) is 2. The standard InChI is InChI=1S/C12H17BrN4/c1-7-5-8(2)11(10(13)6-7)16-12(17-14)15-9-3-4-9/h5-6,9H,3-4,14H2,1-2H3,(H2,15,16,17). The van der Waals surface area contributed by atoms with E-state index in [1.165, 1.54) is 5.56 Å². The third-order valence-corrected chi connectivity index (χ3v) is 3.30.